The SMILES string of the molecule is C=CCNS(=O)(=O)c1ccc(CCN(C)Cc2cc(Cl)ccc2[N+](=O)[O-])cc1. The molecule has 0 atom stereocenters. The van der Waals surface area contributed by atoms with Crippen molar-refractivity contribution in [2.24, 2.45) is 0 Å². The summed E-state index contributed by atoms with van der Waals surface area (Å²) in [5.74, 6) is 0. The molecule has 1 N–H and O–H groups in total. The Balaban J connectivity index is 1.98. The summed E-state index contributed by atoms with van der Waals surface area (Å²) in [4.78, 5) is 12.9. The van der Waals surface area contributed by atoms with Crippen LogP contribution < -0.4 is 4.72 Å². The van der Waals surface area contributed by atoms with Crippen LogP contribution in [0.15, 0.2) is 60.0 Å². The number of nitrogens with one attached hydrogen (secondary N) is 1. The van der Waals surface area contributed by atoms with Crippen LogP contribution in [0.25, 0.3) is 0 Å². The number of sulfonamides is 1. The summed E-state index contributed by atoms with van der Waals surface area (Å²) in [7, 11) is -1.67. The predicted molar refractivity (Wildman–Crippen MR) is 110 cm³/mol. The van der Waals surface area contributed by atoms with E-state index < -0.39 is 14.9 Å². The number of nitro benzene ring substituents is 1. The first-order valence-electron chi connectivity index (χ1n) is 8.54. The molecule has 2 rings (SSSR count). The lowest BCUT2D eigenvalue weighted by molar-refractivity contribution is -0.385. The first-order valence-corrected chi connectivity index (χ1v) is 10.4. The molecule has 0 aliphatic carbocycles. The minimum absolute atomic E-state index is 0.0397. The zero-order chi connectivity index (χ0) is 20.7. The summed E-state index contributed by atoms with van der Waals surface area (Å²) in [5, 5.41) is 11.6. The summed E-state index contributed by atoms with van der Waals surface area (Å²) in [6.45, 7) is 4.68. The van der Waals surface area contributed by atoms with Gasteiger partial charge in [-0.25, -0.2) is 13.1 Å². The lowest BCUT2D eigenvalue weighted by atomic mass is 10.1. The Hall–Kier alpha value is -2.26. The zero-order valence-corrected chi connectivity index (χ0v) is 17.0. The number of halogens is 1. The molecule has 0 bridgehead atoms. The quantitative estimate of drug-likeness (QED) is 0.359. The number of rotatable bonds is 10. The Bertz CT molecular complexity index is 946. The monoisotopic (exact) mass is 423 g/mol. The molecule has 0 aliphatic rings. The van der Waals surface area contributed by atoms with Gasteiger partial charge in [0.2, 0.25) is 10.0 Å². The molecule has 0 aliphatic heterocycles. The molecule has 2 aromatic carbocycles. The molecular weight excluding hydrogens is 402 g/mol. The zero-order valence-electron chi connectivity index (χ0n) is 15.5. The van der Waals surface area contributed by atoms with E-state index in [-0.39, 0.29) is 17.1 Å². The van der Waals surface area contributed by atoms with Crippen LogP contribution in [0.2, 0.25) is 5.02 Å². The highest BCUT2D eigenvalue weighted by Gasteiger charge is 2.16. The maximum Gasteiger partial charge on any atom is 0.273 e. The van der Waals surface area contributed by atoms with Gasteiger partial charge in [-0.05, 0) is 43.3 Å². The Morgan fingerprint density at radius 2 is 1.93 bits per heavy atom. The van der Waals surface area contributed by atoms with Crippen LogP contribution in [0.3, 0.4) is 0 Å². The second-order valence-electron chi connectivity index (χ2n) is 6.30. The Morgan fingerprint density at radius 1 is 1.25 bits per heavy atom. The molecule has 150 valence electrons. The average molecular weight is 424 g/mol. The lowest BCUT2D eigenvalue weighted by Gasteiger charge is -2.17. The van der Waals surface area contributed by atoms with Crippen molar-refractivity contribution < 1.29 is 13.3 Å². The molecule has 0 heterocycles. The van der Waals surface area contributed by atoms with E-state index in [1.54, 1.807) is 30.3 Å². The van der Waals surface area contributed by atoms with Gasteiger partial charge in [0.15, 0.2) is 0 Å². The molecule has 0 fully saturated rings. The van der Waals surface area contributed by atoms with Crippen LogP contribution in [0.4, 0.5) is 5.69 Å². The predicted octanol–water partition coefficient (Wildman–Crippen LogP) is 3.39. The molecule has 0 unspecified atom stereocenters. The Kier molecular flexibility index (Phi) is 7.70. The molecule has 7 nitrogen and oxygen atoms in total. The number of nitrogens with zero attached hydrogens (tertiary/aromatic N) is 2. The van der Waals surface area contributed by atoms with Crippen LogP contribution in [-0.4, -0.2) is 38.4 Å². The maximum atomic E-state index is 12.1. The number of hydrogen-bond acceptors (Lipinski definition) is 5. The second-order valence-corrected chi connectivity index (χ2v) is 8.51. The largest absolute Gasteiger partial charge is 0.302 e. The minimum Gasteiger partial charge on any atom is -0.302 e. The molecule has 28 heavy (non-hydrogen) atoms. The fraction of sp³-hybridized carbons (Fsp3) is 0.263. The topological polar surface area (TPSA) is 92.6 Å². The summed E-state index contributed by atoms with van der Waals surface area (Å²) in [5.41, 5.74) is 1.56. The van der Waals surface area contributed by atoms with Gasteiger partial charge in [-0.1, -0.05) is 29.8 Å². The van der Waals surface area contributed by atoms with E-state index in [9.17, 15) is 18.5 Å². The van der Waals surface area contributed by atoms with Gasteiger partial charge in [0, 0.05) is 36.3 Å². The van der Waals surface area contributed by atoms with Crippen LogP contribution in [0.5, 0.6) is 0 Å². The molecule has 0 radical (unpaired) electrons. The number of likely N-dealkylation sites (N-methyl/N-ethyl adjacent to an activating group) is 1. The number of benzene rings is 2. The van der Waals surface area contributed by atoms with Crippen molar-refractivity contribution in [3.05, 3.63) is 81.4 Å². The van der Waals surface area contributed by atoms with E-state index in [0.717, 1.165) is 5.56 Å². The summed E-state index contributed by atoms with van der Waals surface area (Å²) < 4.78 is 26.5. The maximum absolute atomic E-state index is 12.1. The van der Waals surface area contributed by atoms with E-state index in [1.165, 1.54) is 18.2 Å². The number of hydrogen-bond donors (Lipinski definition) is 1. The van der Waals surface area contributed by atoms with E-state index in [2.05, 4.69) is 11.3 Å². The van der Waals surface area contributed by atoms with Gasteiger partial charge in [0.25, 0.3) is 5.69 Å². The van der Waals surface area contributed by atoms with Crippen molar-refractivity contribution in [3.63, 3.8) is 0 Å². The fourth-order valence-corrected chi connectivity index (χ4v) is 3.83. The summed E-state index contributed by atoms with van der Waals surface area (Å²) in [6, 6.07) is 11.2. The molecule has 2 aromatic rings. The van der Waals surface area contributed by atoms with E-state index >= 15 is 0 Å². The summed E-state index contributed by atoms with van der Waals surface area (Å²) in [6.07, 6.45) is 2.15. The standard InChI is InChI=1S/C19H22ClN3O4S/c1-3-11-21-28(26,27)18-7-4-15(5-8-18)10-12-22(2)14-16-13-17(20)6-9-19(16)23(24)25/h3-9,13,21H,1,10-12,14H2,2H3. The first-order chi connectivity index (χ1) is 13.2. The third-order valence-electron chi connectivity index (χ3n) is 4.11. The second kappa shape index (κ2) is 9.79. The highest BCUT2D eigenvalue weighted by atomic mass is 35.5. The molecule has 0 spiro atoms. The van der Waals surface area contributed by atoms with Crippen molar-refractivity contribution in [1.29, 1.82) is 0 Å². The molecular formula is C19H22ClN3O4S. The third kappa shape index (κ3) is 6.13. The summed E-state index contributed by atoms with van der Waals surface area (Å²) >= 11 is 5.96. The van der Waals surface area contributed by atoms with Crippen molar-refractivity contribution in [1.82, 2.24) is 9.62 Å². The average Bonchev–Trinajstić information content (AvgIpc) is 2.65. The van der Waals surface area contributed by atoms with Crippen LogP contribution in [0.1, 0.15) is 11.1 Å². The molecule has 0 aromatic heterocycles. The number of nitro groups is 1. The van der Waals surface area contributed by atoms with Gasteiger partial charge < -0.3 is 4.90 Å². The lowest BCUT2D eigenvalue weighted by Crippen LogP contribution is -2.23. The van der Waals surface area contributed by atoms with Crippen LogP contribution in [-0.2, 0) is 23.0 Å². The molecule has 0 saturated heterocycles. The van der Waals surface area contributed by atoms with E-state index in [4.69, 9.17) is 11.6 Å². The van der Waals surface area contributed by atoms with Crippen LogP contribution >= 0.6 is 11.6 Å². The van der Waals surface area contributed by atoms with Gasteiger partial charge in [0.05, 0.1) is 9.82 Å². The Morgan fingerprint density at radius 3 is 2.54 bits per heavy atom. The van der Waals surface area contributed by atoms with Crippen molar-refractivity contribution in [2.45, 2.75) is 17.9 Å². The molecule has 0 amide bonds. The Labute approximate surface area is 169 Å². The third-order valence-corrected chi connectivity index (χ3v) is 5.79. The fourth-order valence-electron chi connectivity index (χ4n) is 2.64. The van der Waals surface area contributed by atoms with Gasteiger partial charge in [-0.2, -0.15) is 0 Å². The highest BCUT2D eigenvalue weighted by Crippen LogP contribution is 2.24. The van der Waals surface area contributed by atoms with E-state index in [0.29, 0.717) is 30.1 Å². The first kappa shape index (κ1) is 22.0. The van der Waals surface area contributed by atoms with Crippen molar-refractivity contribution in [2.75, 3.05) is 20.1 Å². The van der Waals surface area contributed by atoms with Gasteiger partial charge >= 0.3 is 0 Å². The van der Waals surface area contributed by atoms with Gasteiger partial charge in [-0.15, -0.1) is 6.58 Å². The minimum atomic E-state index is -3.54. The van der Waals surface area contributed by atoms with Gasteiger partial charge in [0.1, 0.15) is 0 Å². The highest BCUT2D eigenvalue weighted by molar-refractivity contribution is 7.89. The van der Waals surface area contributed by atoms with E-state index in [1.807, 2.05) is 11.9 Å². The van der Waals surface area contributed by atoms with Crippen molar-refractivity contribution >= 4 is 27.3 Å². The van der Waals surface area contributed by atoms with Gasteiger partial charge in [-0.3, -0.25) is 10.1 Å². The van der Waals surface area contributed by atoms with Crippen LogP contribution in [0, 0.1) is 10.1 Å². The smallest absolute Gasteiger partial charge is 0.273 e. The molecule has 9 heteroatoms. The van der Waals surface area contributed by atoms with Crippen molar-refractivity contribution in [3.8, 4) is 0 Å². The molecule has 0 saturated carbocycles. The normalized spacial score (nSPS) is 11.5.